The summed E-state index contributed by atoms with van der Waals surface area (Å²) in [6, 6.07) is 4.95. The maximum absolute atomic E-state index is 12.1. The van der Waals surface area contributed by atoms with Gasteiger partial charge in [0.1, 0.15) is 0 Å². The highest BCUT2D eigenvalue weighted by molar-refractivity contribution is 5.94. The fourth-order valence-corrected chi connectivity index (χ4v) is 2.44. The van der Waals surface area contributed by atoms with Gasteiger partial charge in [0, 0.05) is 30.1 Å². The Bertz CT molecular complexity index is 681. The zero-order valence-electron chi connectivity index (χ0n) is 10.8. The second kappa shape index (κ2) is 5.24. The van der Waals surface area contributed by atoms with Crippen LogP contribution in [0, 0.1) is 0 Å². The SMILES string of the molecule is O=C(NC1CCc2n[nH]c(=O)cc2C1)c1ccncc1. The van der Waals surface area contributed by atoms with Crippen LogP contribution < -0.4 is 10.9 Å². The lowest BCUT2D eigenvalue weighted by molar-refractivity contribution is 0.0933. The van der Waals surface area contributed by atoms with Gasteiger partial charge in [-0.05, 0) is 37.0 Å². The molecule has 1 atom stereocenters. The smallest absolute Gasteiger partial charge is 0.264 e. The van der Waals surface area contributed by atoms with Crippen LogP contribution in [0.3, 0.4) is 0 Å². The Kier molecular flexibility index (Phi) is 3.28. The molecule has 6 nitrogen and oxygen atoms in total. The van der Waals surface area contributed by atoms with Crippen molar-refractivity contribution in [2.24, 2.45) is 0 Å². The molecule has 0 fully saturated rings. The first-order chi connectivity index (χ1) is 9.72. The van der Waals surface area contributed by atoms with Crippen LogP contribution in [0.25, 0.3) is 0 Å². The van der Waals surface area contributed by atoms with E-state index in [1.807, 2.05) is 0 Å². The Hall–Kier alpha value is -2.50. The summed E-state index contributed by atoms with van der Waals surface area (Å²) < 4.78 is 0. The van der Waals surface area contributed by atoms with Gasteiger partial charge in [0.05, 0.1) is 5.69 Å². The number of aromatic amines is 1. The molecule has 2 N–H and O–H groups in total. The minimum absolute atomic E-state index is 0.0340. The van der Waals surface area contributed by atoms with E-state index < -0.39 is 0 Å². The first-order valence-electron chi connectivity index (χ1n) is 6.51. The normalized spacial score (nSPS) is 17.3. The summed E-state index contributed by atoms with van der Waals surface area (Å²) in [6.45, 7) is 0. The molecule has 0 spiro atoms. The summed E-state index contributed by atoms with van der Waals surface area (Å²) in [5.74, 6) is -0.112. The average Bonchev–Trinajstić information content (AvgIpc) is 2.47. The Labute approximate surface area is 115 Å². The molecule has 1 aliphatic rings. The lowest BCUT2D eigenvalue weighted by atomic mass is 9.92. The minimum atomic E-state index is -0.204. The van der Waals surface area contributed by atoms with Crippen LogP contribution in [0.4, 0.5) is 0 Å². The molecule has 6 heteroatoms. The largest absolute Gasteiger partial charge is 0.349 e. The summed E-state index contributed by atoms with van der Waals surface area (Å²) in [7, 11) is 0. The Morgan fingerprint density at radius 2 is 2.15 bits per heavy atom. The molecule has 1 aliphatic carbocycles. The molecule has 2 aromatic heterocycles. The number of amides is 1. The highest BCUT2D eigenvalue weighted by atomic mass is 16.1. The zero-order chi connectivity index (χ0) is 13.9. The van der Waals surface area contributed by atoms with Gasteiger partial charge < -0.3 is 5.32 Å². The molecule has 2 aromatic rings. The van der Waals surface area contributed by atoms with Crippen molar-refractivity contribution in [1.82, 2.24) is 20.5 Å². The van der Waals surface area contributed by atoms with Crippen molar-refractivity contribution >= 4 is 5.91 Å². The second-order valence-electron chi connectivity index (χ2n) is 4.85. The van der Waals surface area contributed by atoms with Crippen LogP contribution in [0.2, 0.25) is 0 Å². The van der Waals surface area contributed by atoms with Crippen LogP contribution in [0.1, 0.15) is 28.0 Å². The maximum Gasteiger partial charge on any atom is 0.264 e. The van der Waals surface area contributed by atoms with E-state index >= 15 is 0 Å². The summed E-state index contributed by atoms with van der Waals surface area (Å²) in [5, 5.41) is 9.46. The third kappa shape index (κ3) is 2.59. The Morgan fingerprint density at radius 3 is 2.95 bits per heavy atom. The van der Waals surface area contributed by atoms with Gasteiger partial charge in [-0.1, -0.05) is 0 Å². The molecule has 20 heavy (non-hydrogen) atoms. The van der Waals surface area contributed by atoms with Crippen molar-refractivity contribution in [2.75, 3.05) is 0 Å². The van der Waals surface area contributed by atoms with Crippen molar-refractivity contribution in [1.29, 1.82) is 0 Å². The number of nitrogens with zero attached hydrogens (tertiary/aromatic N) is 2. The van der Waals surface area contributed by atoms with Crippen LogP contribution in [-0.4, -0.2) is 27.1 Å². The molecule has 0 aliphatic heterocycles. The van der Waals surface area contributed by atoms with Gasteiger partial charge in [0.2, 0.25) is 0 Å². The lowest BCUT2D eigenvalue weighted by Gasteiger charge is -2.24. The molecular formula is C14H14N4O2. The number of carbonyl (C=O) groups is 1. The van der Waals surface area contributed by atoms with E-state index in [4.69, 9.17) is 0 Å². The van der Waals surface area contributed by atoms with E-state index in [2.05, 4.69) is 20.5 Å². The molecule has 0 saturated heterocycles. The lowest BCUT2D eigenvalue weighted by Crippen LogP contribution is -2.39. The summed E-state index contributed by atoms with van der Waals surface area (Å²) in [4.78, 5) is 27.2. The fraction of sp³-hybridized carbons (Fsp3) is 0.286. The van der Waals surface area contributed by atoms with Crippen LogP contribution in [-0.2, 0) is 12.8 Å². The van der Waals surface area contributed by atoms with E-state index in [1.165, 1.54) is 0 Å². The number of H-pyrrole nitrogens is 1. The van der Waals surface area contributed by atoms with Gasteiger partial charge in [-0.25, -0.2) is 5.10 Å². The fourth-order valence-electron chi connectivity index (χ4n) is 2.44. The average molecular weight is 270 g/mol. The van der Waals surface area contributed by atoms with E-state index in [0.29, 0.717) is 12.0 Å². The predicted molar refractivity (Wildman–Crippen MR) is 72.4 cm³/mol. The number of hydrogen-bond acceptors (Lipinski definition) is 4. The summed E-state index contributed by atoms with van der Waals surface area (Å²) in [5.41, 5.74) is 2.22. The molecule has 2 heterocycles. The molecule has 3 rings (SSSR count). The van der Waals surface area contributed by atoms with Crippen LogP contribution in [0.5, 0.6) is 0 Å². The highest BCUT2D eigenvalue weighted by Gasteiger charge is 2.21. The number of fused-ring (bicyclic) bond motifs is 1. The van der Waals surface area contributed by atoms with Crippen molar-refractivity contribution in [3.05, 3.63) is 57.8 Å². The number of rotatable bonds is 2. The Morgan fingerprint density at radius 1 is 1.35 bits per heavy atom. The van der Waals surface area contributed by atoms with E-state index in [0.717, 1.165) is 24.1 Å². The van der Waals surface area contributed by atoms with Gasteiger partial charge in [0.25, 0.3) is 11.5 Å². The van der Waals surface area contributed by atoms with Gasteiger partial charge in [-0.2, -0.15) is 5.10 Å². The van der Waals surface area contributed by atoms with Crippen molar-refractivity contribution < 1.29 is 4.79 Å². The second-order valence-corrected chi connectivity index (χ2v) is 4.85. The summed E-state index contributed by atoms with van der Waals surface area (Å²) >= 11 is 0. The van der Waals surface area contributed by atoms with E-state index in [-0.39, 0.29) is 17.5 Å². The van der Waals surface area contributed by atoms with Crippen molar-refractivity contribution in [3.8, 4) is 0 Å². The molecule has 0 radical (unpaired) electrons. The number of pyridine rings is 1. The van der Waals surface area contributed by atoms with Crippen molar-refractivity contribution in [3.63, 3.8) is 0 Å². The predicted octanol–water partition coefficient (Wildman–Crippen LogP) is 0.452. The van der Waals surface area contributed by atoms with Crippen LogP contribution in [0.15, 0.2) is 35.4 Å². The molecule has 0 aromatic carbocycles. The van der Waals surface area contributed by atoms with Crippen molar-refractivity contribution in [2.45, 2.75) is 25.3 Å². The molecule has 102 valence electrons. The van der Waals surface area contributed by atoms with Gasteiger partial charge in [-0.15, -0.1) is 0 Å². The van der Waals surface area contributed by atoms with E-state index in [9.17, 15) is 9.59 Å². The Balaban J connectivity index is 1.71. The standard InChI is InChI=1S/C14H14N4O2/c19-13-8-10-7-11(1-2-12(10)17-18-13)16-14(20)9-3-5-15-6-4-9/h3-6,8,11H,1-2,7H2,(H,16,20)(H,18,19). The minimum Gasteiger partial charge on any atom is -0.349 e. The summed E-state index contributed by atoms with van der Waals surface area (Å²) in [6.07, 6.45) is 5.41. The third-order valence-electron chi connectivity index (χ3n) is 3.45. The molecule has 1 amide bonds. The van der Waals surface area contributed by atoms with Gasteiger partial charge in [0.15, 0.2) is 0 Å². The van der Waals surface area contributed by atoms with Gasteiger partial charge >= 0.3 is 0 Å². The zero-order valence-corrected chi connectivity index (χ0v) is 10.8. The highest BCUT2D eigenvalue weighted by Crippen LogP contribution is 2.17. The topological polar surface area (TPSA) is 87.7 Å². The molecule has 0 saturated carbocycles. The van der Waals surface area contributed by atoms with Gasteiger partial charge in [-0.3, -0.25) is 14.6 Å². The molecular weight excluding hydrogens is 256 g/mol. The number of aryl methyl sites for hydroxylation is 1. The first kappa shape index (κ1) is 12.5. The number of hydrogen-bond donors (Lipinski definition) is 2. The number of carbonyl (C=O) groups excluding carboxylic acids is 1. The third-order valence-corrected chi connectivity index (χ3v) is 3.45. The van der Waals surface area contributed by atoms with Crippen LogP contribution >= 0.6 is 0 Å². The maximum atomic E-state index is 12.1. The molecule has 0 bridgehead atoms. The first-order valence-corrected chi connectivity index (χ1v) is 6.51. The molecule has 1 unspecified atom stereocenters. The number of nitrogens with one attached hydrogen (secondary N) is 2. The monoisotopic (exact) mass is 270 g/mol. The van der Waals surface area contributed by atoms with E-state index in [1.54, 1.807) is 30.6 Å². The quantitative estimate of drug-likeness (QED) is 0.829. The number of aromatic nitrogens is 3.